The maximum Gasteiger partial charge on any atom is 0.131 e. The summed E-state index contributed by atoms with van der Waals surface area (Å²) in [6.45, 7) is 4.69. The molecule has 248 valence electrons. The molecule has 0 spiro atoms. The van der Waals surface area contributed by atoms with Gasteiger partial charge in [0.25, 0.3) is 0 Å². The van der Waals surface area contributed by atoms with Crippen LogP contribution in [0.2, 0.25) is 0 Å². The van der Waals surface area contributed by atoms with E-state index in [1.807, 2.05) is 35.6 Å². The van der Waals surface area contributed by atoms with Gasteiger partial charge in [-0.1, -0.05) is 122 Å². The lowest BCUT2D eigenvalue weighted by Crippen LogP contribution is -2.18. The Hall–Kier alpha value is -6.43. The van der Waals surface area contributed by atoms with Crippen molar-refractivity contribution >= 4 is 65.2 Å². The highest BCUT2D eigenvalue weighted by Crippen LogP contribution is 2.53. The van der Waals surface area contributed by atoms with Crippen molar-refractivity contribution in [1.29, 1.82) is 0 Å². The molecule has 0 unspecified atom stereocenters. The van der Waals surface area contributed by atoms with E-state index in [9.17, 15) is 0 Å². The van der Waals surface area contributed by atoms with Crippen molar-refractivity contribution in [3.63, 3.8) is 0 Å². The van der Waals surface area contributed by atoms with Crippen LogP contribution in [0, 0.1) is 0 Å². The Morgan fingerprint density at radius 3 is 2.19 bits per heavy atom. The number of nitrogens with two attached hydrogens (primary N) is 1. The monoisotopic (exact) mass is 686 g/mol. The number of rotatable bonds is 5. The molecule has 52 heavy (non-hydrogen) atoms. The number of hydrogen-bond acceptors (Lipinski definition) is 4. The van der Waals surface area contributed by atoms with E-state index in [1.54, 1.807) is 0 Å². The van der Waals surface area contributed by atoms with Gasteiger partial charge in [-0.3, -0.25) is 4.90 Å². The van der Waals surface area contributed by atoms with Gasteiger partial charge in [-0.05, 0) is 60.9 Å². The third-order valence-corrected chi connectivity index (χ3v) is 11.4. The fraction of sp³-hybridized carbons (Fsp3) is 0.0426. The van der Waals surface area contributed by atoms with Gasteiger partial charge < -0.3 is 10.3 Å². The van der Waals surface area contributed by atoms with Gasteiger partial charge in [0.05, 0.1) is 28.3 Å². The summed E-state index contributed by atoms with van der Waals surface area (Å²) >= 11 is 1.85. The average Bonchev–Trinajstić information content (AvgIpc) is 3.70. The summed E-state index contributed by atoms with van der Waals surface area (Å²) in [6.07, 6.45) is 8.59. The molecule has 0 radical (unpaired) electrons. The molecule has 10 rings (SSSR count). The Morgan fingerprint density at radius 2 is 1.37 bits per heavy atom. The minimum atomic E-state index is 0.616. The molecule has 2 aromatic heterocycles. The first-order valence-corrected chi connectivity index (χ1v) is 18.5. The van der Waals surface area contributed by atoms with Gasteiger partial charge in [0.1, 0.15) is 5.82 Å². The van der Waals surface area contributed by atoms with Crippen LogP contribution in [0.3, 0.4) is 0 Å². The van der Waals surface area contributed by atoms with Gasteiger partial charge in [-0.25, -0.2) is 4.99 Å². The molecule has 0 saturated heterocycles. The molecular formula is C47H34N4S. The number of aromatic nitrogens is 1. The van der Waals surface area contributed by atoms with Crippen molar-refractivity contribution in [2.75, 3.05) is 10.6 Å². The van der Waals surface area contributed by atoms with Crippen LogP contribution in [0.5, 0.6) is 0 Å². The quantitative estimate of drug-likeness (QED) is 0.145. The molecule has 0 bridgehead atoms. The molecule has 6 aromatic carbocycles. The van der Waals surface area contributed by atoms with E-state index in [2.05, 4.69) is 143 Å². The SMILES string of the molecule is C=C(N=C(C1=CCCC=C1)c1ccccc1N)N1c2ccccc2-c2c(n(-c3ccc4c(c3)sc3ccccc34)c3ccccc23)-c2ccccc21. The van der Waals surface area contributed by atoms with E-state index in [-0.39, 0.29) is 0 Å². The second-order valence-corrected chi connectivity index (χ2v) is 14.4. The molecule has 0 fully saturated rings. The Labute approximate surface area is 306 Å². The molecule has 0 atom stereocenters. The first kappa shape index (κ1) is 30.4. The Balaban J connectivity index is 1.24. The molecular weight excluding hydrogens is 653 g/mol. The van der Waals surface area contributed by atoms with E-state index in [4.69, 9.17) is 17.3 Å². The first-order chi connectivity index (χ1) is 25.7. The second-order valence-electron chi connectivity index (χ2n) is 13.3. The van der Waals surface area contributed by atoms with Crippen LogP contribution in [0.4, 0.5) is 17.1 Å². The van der Waals surface area contributed by atoms with E-state index in [0.717, 1.165) is 63.6 Å². The number of allylic oxidation sites excluding steroid dienone is 4. The maximum absolute atomic E-state index is 6.61. The molecule has 0 saturated carbocycles. The lowest BCUT2D eigenvalue weighted by molar-refractivity contribution is 1.03. The average molecular weight is 687 g/mol. The molecule has 0 amide bonds. The number of thiophene rings is 1. The number of nitrogens with zero attached hydrogens (tertiary/aromatic N) is 3. The highest BCUT2D eigenvalue weighted by molar-refractivity contribution is 7.25. The van der Waals surface area contributed by atoms with Crippen molar-refractivity contribution < 1.29 is 0 Å². The summed E-state index contributed by atoms with van der Waals surface area (Å²) in [5.41, 5.74) is 19.0. The van der Waals surface area contributed by atoms with Crippen LogP contribution in [0.1, 0.15) is 18.4 Å². The van der Waals surface area contributed by atoms with E-state index < -0.39 is 0 Å². The van der Waals surface area contributed by atoms with Crippen molar-refractivity contribution in [2.45, 2.75) is 12.8 Å². The predicted octanol–water partition coefficient (Wildman–Crippen LogP) is 12.6. The van der Waals surface area contributed by atoms with Crippen LogP contribution >= 0.6 is 11.3 Å². The van der Waals surface area contributed by atoms with Crippen molar-refractivity contribution in [1.82, 2.24) is 4.57 Å². The van der Waals surface area contributed by atoms with Gasteiger partial charge in [0, 0.05) is 59.2 Å². The summed E-state index contributed by atoms with van der Waals surface area (Å²) in [5, 5.41) is 3.79. The Morgan fingerprint density at radius 1 is 0.673 bits per heavy atom. The molecule has 2 N–H and O–H groups in total. The normalized spacial score (nSPS) is 13.9. The van der Waals surface area contributed by atoms with Crippen LogP contribution < -0.4 is 10.6 Å². The van der Waals surface area contributed by atoms with Gasteiger partial charge in [-0.15, -0.1) is 11.3 Å². The summed E-state index contributed by atoms with van der Waals surface area (Å²) < 4.78 is 5.03. The van der Waals surface area contributed by atoms with Gasteiger partial charge in [0.2, 0.25) is 0 Å². The lowest BCUT2D eigenvalue weighted by atomic mass is 9.96. The molecule has 1 aliphatic carbocycles. The zero-order chi connectivity index (χ0) is 34.8. The van der Waals surface area contributed by atoms with Gasteiger partial charge in [-0.2, -0.15) is 0 Å². The lowest BCUT2D eigenvalue weighted by Gasteiger charge is -2.27. The zero-order valence-corrected chi connectivity index (χ0v) is 29.3. The molecule has 5 heteroatoms. The number of fused-ring (bicyclic) bond motifs is 10. The van der Waals surface area contributed by atoms with Crippen molar-refractivity contribution in [3.05, 3.63) is 181 Å². The van der Waals surface area contributed by atoms with E-state index in [0.29, 0.717) is 11.5 Å². The van der Waals surface area contributed by atoms with Gasteiger partial charge in [0.15, 0.2) is 0 Å². The predicted molar refractivity (Wildman–Crippen MR) is 222 cm³/mol. The molecule has 3 heterocycles. The van der Waals surface area contributed by atoms with Crippen LogP contribution in [0.15, 0.2) is 181 Å². The first-order valence-electron chi connectivity index (χ1n) is 17.7. The number of hydrogen-bond donors (Lipinski definition) is 1. The van der Waals surface area contributed by atoms with E-state index >= 15 is 0 Å². The third-order valence-electron chi connectivity index (χ3n) is 10.3. The highest BCUT2D eigenvalue weighted by Gasteiger charge is 2.32. The van der Waals surface area contributed by atoms with Crippen LogP contribution in [-0.2, 0) is 0 Å². The minimum absolute atomic E-state index is 0.616. The zero-order valence-electron chi connectivity index (χ0n) is 28.5. The van der Waals surface area contributed by atoms with Crippen LogP contribution in [0.25, 0.3) is 59.1 Å². The summed E-state index contributed by atoms with van der Waals surface area (Å²) in [5.74, 6) is 0.616. The molecule has 1 aliphatic heterocycles. The second kappa shape index (κ2) is 12.1. The van der Waals surface area contributed by atoms with Crippen molar-refractivity contribution in [3.8, 4) is 28.1 Å². The maximum atomic E-state index is 6.61. The number of aliphatic imine (C=N–C) groups is 1. The summed E-state index contributed by atoms with van der Waals surface area (Å²) in [4.78, 5) is 7.61. The molecule has 8 aromatic rings. The number of nitrogen functional groups attached to an aromatic ring is 1. The van der Waals surface area contributed by atoms with E-state index in [1.165, 1.54) is 36.6 Å². The van der Waals surface area contributed by atoms with Crippen LogP contribution in [-0.4, -0.2) is 10.3 Å². The topological polar surface area (TPSA) is 46.5 Å². The fourth-order valence-electron chi connectivity index (χ4n) is 8.01. The Kier molecular flexibility index (Phi) is 7.08. The number of para-hydroxylation sites is 4. The number of benzene rings is 6. The van der Waals surface area contributed by atoms with Gasteiger partial charge >= 0.3 is 0 Å². The number of anilines is 3. The summed E-state index contributed by atoms with van der Waals surface area (Å²) in [7, 11) is 0. The molecule has 2 aliphatic rings. The van der Waals surface area contributed by atoms with Crippen molar-refractivity contribution in [2.24, 2.45) is 4.99 Å². The molecule has 4 nitrogen and oxygen atoms in total. The largest absolute Gasteiger partial charge is 0.398 e. The minimum Gasteiger partial charge on any atom is -0.398 e. The third kappa shape index (κ3) is 4.70. The standard InChI is InChI=1S/C47H34N4S/c1-30(49-46(31-15-3-2-4-16-31)35-18-5-10-22-39(35)48)50-40-23-11-6-19-36(40)45-37-20-7-12-24-41(37)51(47(45)38-21-8-13-25-42(38)50)32-27-28-34-33-17-9-14-26-43(33)52-44(34)29-32/h3,5-29H,1-2,4,48H2. The highest BCUT2D eigenvalue weighted by atomic mass is 32.1. The summed E-state index contributed by atoms with van der Waals surface area (Å²) in [6, 6.07) is 49.7. The fourth-order valence-corrected chi connectivity index (χ4v) is 9.15. The smallest absolute Gasteiger partial charge is 0.131 e. The Bertz CT molecular complexity index is 2840.